The zero-order valence-electron chi connectivity index (χ0n) is 7.98. The van der Waals surface area contributed by atoms with Crippen LogP contribution in [-0.2, 0) is 0 Å². The van der Waals surface area contributed by atoms with E-state index in [1.54, 1.807) is 0 Å². The van der Waals surface area contributed by atoms with Crippen LogP contribution in [0.15, 0.2) is 0 Å². The summed E-state index contributed by atoms with van der Waals surface area (Å²) in [6.07, 6.45) is 5.57. The van der Waals surface area contributed by atoms with Gasteiger partial charge in [0, 0.05) is 0 Å². The standard InChI is InChI=1S/C10H22/c1-5-7-10(6-2)8-9(3)4/h9-10H,5-8H2,1-4H3. The first-order chi connectivity index (χ1) is 4.70. The third kappa shape index (κ3) is 4.84. The first-order valence-corrected chi connectivity index (χ1v) is 4.70. The zero-order chi connectivity index (χ0) is 7.98. The average Bonchev–Trinajstić information content (AvgIpc) is 1.86. The molecule has 0 aromatic rings. The summed E-state index contributed by atoms with van der Waals surface area (Å²) in [5, 5.41) is 0. The Morgan fingerprint density at radius 2 is 1.70 bits per heavy atom. The summed E-state index contributed by atoms with van der Waals surface area (Å²) in [5.41, 5.74) is 0. The first-order valence-electron chi connectivity index (χ1n) is 4.70. The first kappa shape index (κ1) is 10.0. The van der Waals surface area contributed by atoms with Gasteiger partial charge in [0.15, 0.2) is 0 Å². The highest BCUT2D eigenvalue weighted by Gasteiger charge is 2.06. The van der Waals surface area contributed by atoms with E-state index < -0.39 is 0 Å². The molecular weight excluding hydrogens is 120 g/mol. The second-order valence-corrected chi connectivity index (χ2v) is 3.69. The maximum atomic E-state index is 2.32. The zero-order valence-corrected chi connectivity index (χ0v) is 7.98. The Kier molecular flexibility index (Phi) is 5.76. The summed E-state index contributed by atoms with van der Waals surface area (Å²) in [7, 11) is 0. The Balaban J connectivity index is 3.39. The molecule has 0 spiro atoms. The van der Waals surface area contributed by atoms with E-state index in [2.05, 4.69) is 27.7 Å². The van der Waals surface area contributed by atoms with Crippen LogP contribution in [0.2, 0.25) is 0 Å². The molecule has 0 aromatic carbocycles. The van der Waals surface area contributed by atoms with Gasteiger partial charge in [-0.25, -0.2) is 0 Å². The fourth-order valence-corrected chi connectivity index (χ4v) is 1.56. The van der Waals surface area contributed by atoms with E-state index >= 15 is 0 Å². The molecule has 0 nitrogen and oxygen atoms in total. The molecular formula is C10H22. The van der Waals surface area contributed by atoms with Crippen LogP contribution in [0.25, 0.3) is 0 Å². The van der Waals surface area contributed by atoms with Crippen LogP contribution in [0.4, 0.5) is 0 Å². The van der Waals surface area contributed by atoms with Crippen LogP contribution in [0.3, 0.4) is 0 Å². The largest absolute Gasteiger partial charge is 0.0654 e. The lowest BCUT2D eigenvalue weighted by Crippen LogP contribution is -2.02. The monoisotopic (exact) mass is 142 g/mol. The van der Waals surface area contributed by atoms with Crippen molar-refractivity contribution in [2.24, 2.45) is 11.8 Å². The predicted molar refractivity (Wildman–Crippen MR) is 48.1 cm³/mol. The minimum absolute atomic E-state index is 0.886. The number of rotatable bonds is 5. The van der Waals surface area contributed by atoms with Gasteiger partial charge in [-0.1, -0.05) is 47.0 Å². The van der Waals surface area contributed by atoms with Crippen molar-refractivity contribution in [3.8, 4) is 0 Å². The van der Waals surface area contributed by atoms with Crippen molar-refractivity contribution in [3.63, 3.8) is 0 Å². The molecule has 10 heavy (non-hydrogen) atoms. The topological polar surface area (TPSA) is 0 Å². The molecule has 0 saturated heterocycles. The minimum atomic E-state index is 0.886. The molecule has 0 fully saturated rings. The highest BCUT2D eigenvalue weighted by molar-refractivity contribution is 4.58. The third-order valence-corrected chi connectivity index (χ3v) is 2.08. The van der Waals surface area contributed by atoms with Gasteiger partial charge < -0.3 is 0 Å². The molecule has 0 aliphatic carbocycles. The summed E-state index contributed by atoms with van der Waals surface area (Å²) in [6, 6.07) is 0. The molecule has 0 amide bonds. The summed E-state index contributed by atoms with van der Waals surface area (Å²) < 4.78 is 0. The molecule has 0 radical (unpaired) electrons. The van der Waals surface area contributed by atoms with Crippen molar-refractivity contribution in [1.29, 1.82) is 0 Å². The van der Waals surface area contributed by atoms with Crippen molar-refractivity contribution in [2.75, 3.05) is 0 Å². The van der Waals surface area contributed by atoms with Gasteiger partial charge in [-0.3, -0.25) is 0 Å². The Morgan fingerprint density at radius 3 is 2.00 bits per heavy atom. The Hall–Kier alpha value is 0. The molecule has 1 unspecified atom stereocenters. The Labute approximate surface area is 66.0 Å². The van der Waals surface area contributed by atoms with Gasteiger partial charge in [0.1, 0.15) is 0 Å². The molecule has 0 N–H and O–H groups in total. The van der Waals surface area contributed by atoms with Crippen molar-refractivity contribution in [3.05, 3.63) is 0 Å². The van der Waals surface area contributed by atoms with Gasteiger partial charge in [0.05, 0.1) is 0 Å². The van der Waals surface area contributed by atoms with Crippen LogP contribution >= 0.6 is 0 Å². The van der Waals surface area contributed by atoms with E-state index in [0.29, 0.717) is 0 Å². The molecule has 0 heteroatoms. The number of hydrogen-bond donors (Lipinski definition) is 0. The lowest BCUT2D eigenvalue weighted by Gasteiger charge is -2.15. The molecule has 0 bridgehead atoms. The molecule has 0 saturated carbocycles. The van der Waals surface area contributed by atoms with Gasteiger partial charge >= 0.3 is 0 Å². The summed E-state index contributed by atoms with van der Waals surface area (Å²) in [4.78, 5) is 0. The molecule has 0 aromatic heterocycles. The van der Waals surface area contributed by atoms with E-state index in [1.165, 1.54) is 25.7 Å². The second kappa shape index (κ2) is 5.76. The SMILES string of the molecule is CCCC(CC)CC(C)C. The van der Waals surface area contributed by atoms with Gasteiger partial charge in [0.2, 0.25) is 0 Å². The summed E-state index contributed by atoms with van der Waals surface area (Å²) >= 11 is 0. The van der Waals surface area contributed by atoms with Gasteiger partial charge in [0.25, 0.3) is 0 Å². The van der Waals surface area contributed by atoms with Crippen molar-refractivity contribution in [1.82, 2.24) is 0 Å². The molecule has 0 heterocycles. The molecule has 62 valence electrons. The van der Waals surface area contributed by atoms with Crippen LogP contribution in [0, 0.1) is 11.8 Å². The Bertz CT molecular complexity index is 64.4. The lowest BCUT2D eigenvalue weighted by atomic mass is 9.91. The van der Waals surface area contributed by atoms with Gasteiger partial charge in [-0.2, -0.15) is 0 Å². The van der Waals surface area contributed by atoms with Crippen LogP contribution in [0.1, 0.15) is 53.4 Å². The van der Waals surface area contributed by atoms with E-state index in [-0.39, 0.29) is 0 Å². The van der Waals surface area contributed by atoms with Crippen molar-refractivity contribution in [2.45, 2.75) is 53.4 Å². The van der Waals surface area contributed by atoms with Crippen LogP contribution in [0.5, 0.6) is 0 Å². The highest BCUT2D eigenvalue weighted by atomic mass is 14.1. The van der Waals surface area contributed by atoms with Crippen LogP contribution in [-0.4, -0.2) is 0 Å². The highest BCUT2D eigenvalue weighted by Crippen LogP contribution is 2.19. The lowest BCUT2D eigenvalue weighted by molar-refractivity contribution is 0.373. The maximum Gasteiger partial charge on any atom is -0.0415 e. The predicted octanol–water partition coefficient (Wildman–Crippen LogP) is 3.86. The van der Waals surface area contributed by atoms with Gasteiger partial charge in [-0.05, 0) is 18.3 Å². The quantitative estimate of drug-likeness (QED) is 0.547. The fourth-order valence-electron chi connectivity index (χ4n) is 1.56. The molecule has 0 aliphatic heterocycles. The third-order valence-electron chi connectivity index (χ3n) is 2.08. The second-order valence-electron chi connectivity index (χ2n) is 3.69. The fraction of sp³-hybridized carbons (Fsp3) is 1.00. The van der Waals surface area contributed by atoms with Gasteiger partial charge in [-0.15, -0.1) is 0 Å². The van der Waals surface area contributed by atoms with Crippen LogP contribution < -0.4 is 0 Å². The van der Waals surface area contributed by atoms with E-state index in [9.17, 15) is 0 Å². The minimum Gasteiger partial charge on any atom is -0.0654 e. The van der Waals surface area contributed by atoms with Crippen molar-refractivity contribution < 1.29 is 0 Å². The number of hydrogen-bond acceptors (Lipinski definition) is 0. The normalized spacial score (nSPS) is 14.1. The van der Waals surface area contributed by atoms with E-state index in [0.717, 1.165) is 11.8 Å². The molecule has 0 aliphatic rings. The molecule has 0 rings (SSSR count). The summed E-state index contributed by atoms with van der Waals surface area (Å²) in [6.45, 7) is 9.22. The average molecular weight is 142 g/mol. The smallest absolute Gasteiger partial charge is 0.0415 e. The Morgan fingerprint density at radius 1 is 1.10 bits per heavy atom. The van der Waals surface area contributed by atoms with E-state index in [1.807, 2.05) is 0 Å². The molecule has 1 atom stereocenters. The summed E-state index contributed by atoms with van der Waals surface area (Å²) in [5.74, 6) is 1.88. The van der Waals surface area contributed by atoms with Crippen molar-refractivity contribution >= 4 is 0 Å². The van der Waals surface area contributed by atoms with E-state index in [4.69, 9.17) is 0 Å². The maximum absolute atomic E-state index is 2.32.